The van der Waals surface area contributed by atoms with Crippen LogP contribution in [0.15, 0.2) is 36.7 Å². The van der Waals surface area contributed by atoms with Crippen LogP contribution in [0, 0.1) is 19.7 Å². The highest BCUT2D eigenvalue weighted by atomic mass is 19.1. The minimum atomic E-state index is -0.193. The van der Waals surface area contributed by atoms with Crippen LogP contribution >= 0.6 is 0 Å². The fourth-order valence-electron chi connectivity index (χ4n) is 2.81. The Balaban J connectivity index is 1.81. The van der Waals surface area contributed by atoms with Crippen molar-refractivity contribution in [1.29, 1.82) is 0 Å². The van der Waals surface area contributed by atoms with E-state index in [0.29, 0.717) is 0 Å². The van der Waals surface area contributed by atoms with Crippen molar-refractivity contribution in [2.45, 2.75) is 26.9 Å². The van der Waals surface area contributed by atoms with Crippen molar-refractivity contribution >= 4 is 10.9 Å². The van der Waals surface area contributed by atoms with Gasteiger partial charge in [-0.3, -0.25) is 9.88 Å². The molecule has 0 saturated heterocycles. The summed E-state index contributed by atoms with van der Waals surface area (Å²) in [6, 6.07) is 6.94. The maximum absolute atomic E-state index is 13.4. The summed E-state index contributed by atoms with van der Waals surface area (Å²) in [5.41, 5.74) is 5.71. The van der Waals surface area contributed by atoms with Gasteiger partial charge in [0.05, 0.1) is 0 Å². The number of aromatic amines is 1. The first kappa shape index (κ1) is 14.7. The standard InChI is InChI=1S/C18H20FN3/c1-12-9-20-7-6-14(12)10-22(3)11-18-13(2)16-8-15(19)4-5-17(16)21-18/h4-9,21H,10-11H2,1-3H3. The summed E-state index contributed by atoms with van der Waals surface area (Å²) < 4.78 is 13.4. The summed E-state index contributed by atoms with van der Waals surface area (Å²) in [6.07, 6.45) is 3.72. The first-order valence-electron chi connectivity index (χ1n) is 7.39. The smallest absolute Gasteiger partial charge is 0.123 e. The van der Waals surface area contributed by atoms with Crippen LogP contribution in [-0.2, 0) is 13.1 Å². The molecule has 22 heavy (non-hydrogen) atoms. The largest absolute Gasteiger partial charge is 0.357 e. The predicted molar refractivity (Wildman–Crippen MR) is 87.1 cm³/mol. The summed E-state index contributed by atoms with van der Waals surface area (Å²) in [5, 5.41) is 0.962. The number of rotatable bonds is 4. The summed E-state index contributed by atoms with van der Waals surface area (Å²) in [5.74, 6) is -0.193. The molecule has 3 rings (SSSR count). The Bertz CT molecular complexity index is 807. The number of hydrogen-bond acceptors (Lipinski definition) is 2. The molecule has 1 N–H and O–H groups in total. The van der Waals surface area contributed by atoms with E-state index in [1.807, 2.05) is 19.3 Å². The minimum Gasteiger partial charge on any atom is -0.357 e. The quantitative estimate of drug-likeness (QED) is 0.790. The monoisotopic (exact) mass is 297 g/mol. The lowest BCUT2D eigenvalue weighted by molar-refractivity contribution is 0.314. The highest BCUT2D eigenvalue weighted by molar-refractivity contribution is 5.84. The van der Waals surface area contributed by atoms with Gasteiger partial charge in [0.15, 0.2) is 0 Å². The number of benzene rings is 1. The van der Waals surface area contributed by atoms with Gasteiger partial charge in [-0.15, -0.1) is 0 Å². The van der Waals surface area contributed by atoms with Gasteiger partial charge >= 0.3 is 0 Å². The number of nitrogens with zero attached hydrogens (tertiary/aromatic N) is 2. The third kappa shape index (κ3) is 2.88. The molecule has 0 bridgehead atoms. The van der Waals surface area contributed by atoms with Crippen molar-refractivity contribution in [3.05, 3.63) is 64.9 Å². The van der Waals surface area contributed by atoms with Crippen molar-refractivity contribution in [1.82, 2.24) is 14.9 Å². The van der Waals surface area contributed by atoms with Gasteiger partial charge in [0.1, 0.15) is 5.82 Å². The molecule has 1 aromatic carbocycles. The van der Waals surface area contributed by atoms with Crippen LogP contribution in [0.2, 0.25) is 0 Å². The van der Waals surface area contributed by atoms with E-state index in [4.69, 9.17) is 0 Å². The van der Waals surface area contributed by atoms with Crippen molar-refractivity contribution < 1.29 is 4.39 Å². The van der Waals surface area contributed by atoms with E-state index in [2.05, 4.69) is 34.9 Å². The number of aryl methyl sites for hydroxylation is 2. The van der Waals surface area contributed by atoms with Crippen LogP contribution in [0.5, 0.6) is 0 Å². The summed E-state index contributed by atoms with van der Waals surface area (Å²) >= 11 is 0. The normalized spacial score (nSPS) is 11.5. The molecular formula is C18H20FN3. The average Bonchev–Trinajstić information content (AvgIpc) is 2.78. The second-order valence-corrected chi connectivity index (χ2v) is 5.89. The molecule has 0 atom stereocenters. The van der Waals surface area contributed by atoms with Gasteiger partial charge in [-0.25, -0.2) is 4.39 Å². The van der Waals surface area contributed by atoms with Crippen molar-refractivity contribution in [2.24, 2.45) is 0 Å². The number of hydrogen-bond donors (Lipinski definition) is 1. The number of aromatic nitrogens is 2. The molecule has 0 unspecified atom stereocenters. The first-order chi connectivity index (χ1) is 10.5. The van der Waals surface area contributed by atoms with E-state index < -0.39 is 0 Å². The number of H-pyrrole nitrogens is 1. The predicted octanol–water partition coefficient (Wildman–Crippen LogP) is 3.95. The van der Waals surface area contributed by atoms with Crippen molar-refractivity contribution in [3.8, 4) is 0 Å². The molecule has 0 aliphatic heterocycles. The molecule has 3 aromatic rings. The Hall–Kier alpha value is -2.20. The zero-order valence-electron chi connectivity index (χ0n) is 13.2. The van der Waals surface area contributed by atoms with Gasteiger partial charge in [0.25, 0.3) is 0 Å². The van der Waals surface area contributed by atoms with Crippen LogP contribution in [0.1, 0.15) is 22.4 Å². The minimum absolute atomic E-state index is 0.193. The van der Waals surface area contributed by atoms with E-state index in [1.165, 1.54) is 17.2 Å². The number of halogens is 1. The first-order valence-corrected chi connectivity index (χ1v) is 7.39. The summed E-state index contributed by atoms with van der Waals surface area (Å²) in [7, 11) is 2.09. The Labute approximate surface area is 129 Å². The lowest BCUT2D eigenvalue weighted by atomic mass is 10.1. The Morgan fingerprint density at radius 3 is 2.77 bits per heavy atom. The molecule has 0 fully saturated rings. The lowest BCUT2D eigenvalue weighted by Crippen LogP contribution is -2.18. The van der Waals surface area contributed by atoms with Crippen LogP contribution < -0.4 is 0 Å². The van der Waals surface area contributed by atoms with Gasteiger partial charge in [0, 0.05) is 42.1 Å². The Morgan fingerprint density at radius 1 is 1.18 bits per heavy atom. The SMILES string of the molecule is Cc1cnccc1CN(C)Cc1[nH]c2ccc(F)cc2c1C. The second kappa shape index (κ2) is 5.89. The van der Waals surface area contributed by atoms with Crippen LogP contribution in [0.3, 0.4) is 0 Å². The third-order valence-corrected chi connectivity index (χ3v) is 4.13. The van der Waals surface area contributed by atoms with Crippen molar-refractivity contribution in [3.63, 3.8) is 0 Å². The molecule has 0 amide bonds. The maximum Gasteiger partial charge on any atom is 0.123 e. The molecule has 2 heterocycles. The average molecular weight is 297 g/mol. The van der Waals surface area contributed by atoms with E-state index in [1.54, 1.807) is 12.1 Å². The Morgan fingerprint density at radius 2 is 2.00 bits per heavy atom. The number of pyridine rings is 1. The zero-order valence-corrected chi connectivity index (χ0v) is 13.2. The topological polar surface area (TPSA) is 31.9 Å². The second-order valence-electron chi connectivity index (χ2n) is 5.89. The van der Waals surface area contributed by atoms with E-state index in [9.17, 15) is 4.39 Å². The van der Waals surface area contributed by atoms with Gasteiger partial charge in [0.2, 0.25) is 0 Å². The molecule has 0 aliphatic rings. The molecule has 0 radical (unpaired) electrons. The van der Waals surface area contributed by atoms with Gasteiger partial charge < -0.3 is 4.98 Å². The van der Waals surface area contributed by atoms with Crippen molar-refractivity contribution in [2.75, 3.05) is 7.05 Å². The summed E-state index contributed by atoms with van der Waals surface area (Å²) in [4.78, 5) is 9.78. The van der Waals surface area contributed by atoms with E-state index in [0.717, 1.165) is 35.2 Å². The van der Waals surface area contributed by atoms with Gasteiger partial charge in [-0.1, -0.05) is 0 Å². The molecule has 0 saturated carbocycles. The van der Waals surface area contributed by atoms with Gasteiger partial charge in [-0.2, -0.15) is 0 Å². The third-order valence-electron chi connectivity index (χ3n) is 4.13. The fourth-order valence-corrected chi connectivity index (χ4v) is 2.81. The summed E-state index contributed by atoms with van der Waals surface area (Å²) in [6.45, 7) is 5.77. The molecule has 4 heteroatoms. The molecule has 2 aromatic heterocycles. The van der Waals surface area contributed by atoms with Gasteiger partial charge in [-0.05, 0) is 61.9 Å². The maximum atomic E-state index is 13.4. The van der Waals surface area contributed by atoms with Crippen LogP contribution in [0.25, 0.3) is 10.9 Å². The lowest BCUT2D eigenvalue weighted by Gasteiger charge is -2.17. The molecule has 114 valence electrons. The van der Waals surface area contributed by atoms with Crippen LogP contribution in [0.4, 0.5) is 4.39 Å². The molecule has 0 aliphatic carbocycles. The number of fused-ring (bicyclic) bond motifs is 1. The highest BCUT2D eigenvalue weighted by Gasteiger charge is 2.11. The van der Waals surface area contributed by atoms with E-state index in [-0.39, 0.29) is 5.82 Å². The molecule has 3 nitrogen and oxygen atoms in total. The molecule has 0 spiro atoms. The van der Waals surface area contributed by atoms with Crippen LogP contribution in [-0.4, -0.2) is 21.9 Å². The van der Waals surface area contributed by atoms with E-state index >= 15 is 0 Å². The number of nitrogens with one attached hydrogen (secondary N) is 1. The molecular weight excluding hydrogens is 277 g/mol. The zero-order chi connectivity index (χ0) is 15.7. The Kier molecular flexibility index (Phi) is 3.94. The highest BCUT2D eigenvalue weighted by Crippen LogP contribution is 2.23. The fraction of sp³-hybridized carbons (Fsp3) is 0.278.